The maximum atomic E-state index is 16.6. The second kappa shape index (κ2) is 13.1. The first-order chi connectivity index (χ1) is 20.9. The fourth-order valence-electron chi connectivity index (χ4n) is 7.43. The molecule has 2 aliphatic heterocycles. The van der Waals surface area contributed by atoms with E-state index in [0.717, 1.165) is 48.5 Å². The monoisotopic (exact) mass is 608 g/mol. The van der Waals surface area contributed by atoms with Crippen LogP contribution < -0.4 is 19.1 Å². The molecule has 2 aromatic rings. The van der Waals surface area contributed by atoms with Gasteiger partial charge in [0.25, 0.3) is 0 Å². The molecular formula is C37H53FN2O4. The number of carbonyl (C=O) groups excluding carboxylic acids is 1. The molecule has 0 aromatic heterocycles. The first kappa shape index (κ1) is 33.8. The summed E-state index contributed by atoms with van der Waals surface area (Å²) in [6, 6.07) is 5.95. The van der Waals surface area contributed by atoms with Crippen molar-refractivity contribution in [1.29, 1.82) is 0 Å². The molecule has 7 heteroatoms. The van der Waals surface area contributed by atoms with Crippen LogP contribution in [0.25, 0.3) is 0 Å². The van der Waals surface area contributed by atoms with E-state index in [0.29, 0.717) is 42.9 Å². The van der Waals surface area contributed by atoms with Gasteiger partial charge in [-0.25, -0.2) is 4.39 Å². The first-order valence-corrected chi connectivity index (χ1v) is 16.4. The second-order valence-electron chi connectivity index (χ2n) is 13.3. The van der Waals surface area contributed by atoms with Crippen LogP contribution in [0.1, 0.15) is 115 Å². The van der Waals surface area contributed by atoms with Gasteiger partial charge < -0.3 is 19.1 Å². The van der Waals surface area contributed by atoms with E-state index in [4.69, 9.17) is 14.2 Å². The van der Waals surface area contributed by atoms with Gasteiger partial charge >= 0.3 is 0 Å². The Balaban J connectivity index is 1.89. The average Bonchev–Trinajstić information content (AvgIpc) is 3.22. The normalized spacial score (nSPS) is 19.9. The molecule has 0 amide bonds. The average molecular weight is 609 g/mol. The van der Waals surface area contributed by atoms with Gasteiger partial charge in [0, 0.05) is 35.3 Å². The summed E-state index contributed by atoms with van der Waals surface area (Å²) in [4.78, 5) is 19.1. The third kappa shape index (κ3) is 5.61. The Labute approximate surface area is 264 Å². The summed E-state index contributed by atoms with van der Waals surface area (Å²) < 4.78 is 34.4. The molecule has 242 valence electrons. The van der Waals surface area contributed by atoms with E-state index in [1.807, 2.05) is 39.0 Å². The third-order valence-corrected chi connectivity index (χ3v) is 9.83. The van der Waals surface area contributed by atoms with Crippen LogP contribution in [0.15, 0.2) is 30.9 Å². The molecule has 1 unspecified atom stereocenters. The van der Waals surface area contributed by atoms with E-state index in [9.17, 15) is 4.79 Å². The van der Waals surface area contributed by atoms with Crippen LogP contribution in [0.5, 0.6) is 17.2 Å². The minimum Gasteiger partial charge on any atom is -0.494 e. The predicted molar refractivity (Wildman–Crippen MR) is 177 cm³/mol. The number of piperidine rings is 1. The van der Waals surface area contributed by atoms with Crippen LogP contribution in [0.4, 0.5) is 10.1 Å². The number of benzene rings is 2. The van der Waals surface area contributed by atoms with E-state index >= 15 is 4.39 Å². The third-order valence-electron chi connectivity index (χ3n) is 9.83. The maximum absolute atomic E-state index is 16.6. The highest BCUT2D eigenvalue weighted by Crippen LogP contribution is 2.57. The van der Waals surface area contributed by atoms with Crippen LogP contribution in [-0.4, -0.2) is 50.6 Å². The lowest BCUT2D eigenvalue weighted by Gasteiger charge is -2.44. The number of hydrogen-bond acceptors (Lipinski definition) is 6. The van der Waals surface area contributed by atoms with E-state index < -0.39 is 16.9 Å². The zero-order chi connectivity index (χ0) is 32.4. The van der Waals surface area contributed by atoms with Crippen molar-refractivity contribution in [3.05, 3.63) is 58.9 Å². The van der Waals surface area contributed by atoms with Crippen molar-refractivity contribution in [2.24, 2.45) is 0 Å². The topological polar surface area (TPSA) is 51.2 Å². The molecule has 4 rings (SSSR count). The zero-order valence-corrected chi connectivity index (χ0v) is 28.5. The van der Waals surface area contributed by atoms with Crippen LogP contribution in [0, 0.1) is 5.82 Å². The first-order valence-electron chi connectivity index (χ1n) is 16.4. The number of hydrogen-bond donors (Lipinski definition) is 0. The van der Waals surface area contributed by atoms with Crippen LogP contribution in [-0.2, 0) is 16.5 Å². The number of Topliss-reactive ketones (excluding diaryl/α,β-unsaturated/α-hetero) is 1. The Bertz CT molecular complexity index is 1370. The molecule has 0 saturated carbocycles. The maximum Gasteiger partial charge on any atom is 0.197 e. The fraction of sp³-hybridized carbons (Fsp3) is 0.595. The van der Waals surface area contributed by atoms with Gasteiger partial charge in [-0.05, 0) is 82.1 Å². The van der Waals surface area contributed by atoms with Crippen LogP contribution in [0.3, 0.4) is 0 Å². The standard InChI is InChI=1S/C37H53FN2O4/c1-11-36(9)31-26(23-30(43-14-4)34(32(31)38)44-15-5)37(12-2,13-3)40(36)24-29(41)25-21-27(35(6,7)8)33(42-10)28(22-25)39-19-17-16-18-20-39/h11,21-23H,1,12-20,24H2,2-10H3. The number of methoxy groups -OCH3 is 1. The highest BCUT2D eigenvalue weighted by atomic mass is 19.1. The molecule has 2 aliphatic rings. The number of ketones is 1. The molecule has 1 fully saturated rings. The molecule has 1 atom stereocenters. The SMILES string of the molecule is C=CC1(C)c2c(cc(OCC)c(OCC)c2F)C(CC)(CC)N1CC(=O)c1cc(N2CCCCC2)c(OC)c(C(C)(C)C)c1. The molecule has 44 heavy (non-hydrogen) atoms. The Morgan fingerprint density at radius 3 is 2.16 bits per heavy atom. The Morgan fingerprint density at radius 2 is 1.64 bits per heavy atom. The van der Waals surface area contributed by atoms with E-state index in [2.05, 4.69) is 51.0 Å². The summed E-state index contributed by atoms with van der Waals surface area (Å²) in [5, 5.41) is 0. The summed E-state index contributed by atoms with van der Waals surface area (Å²) >= 11 is 0. The molecule has 2 aromatic carbocycles. The molecule has 6 nitrogen and oxygen atoms in total. The Morgan fingerprint density at radius 1 is 1.00 bits per heavy atom. The summed E-state index contributed by atoms with van der Waals surface area (Å²) in [6.45, 7) is 23.2. The zero-order valence-electron chi connectivity index (χ0n) is 28.5. The molecule has 0 aliphatic carbocycles. The fourth-order valence-corrected chi connectivity index (χ4v) is 7.43. The van der Waals surface area contributed by atoms with E-state index in [1.165, 1.54) is 6.42 Å². The lowest BCUT2D eigenvalue weighted by Crippen LogP contribution is -2.51. The van der Waals surface area contributed by atoms with Crippen LogP contribution >= 0.6 is 0 Å². The van der Waals surface area contributed by atoms with Crippen molar-refractivity contribution in [3.63, 3.8) is 0 Å². The lowest BCUT2D eigenvalue weighted by molar-refractivity contribution is 0.0255. The van der Waals surface area contributed by atoms with Crippen molar-refractivity contribution in [2.45, 2.75) is 104 Å². The number of nitrogens with zero attached hydrogens (tertiary/aromatic N) is 2. The van der Waals surface area contributed by atoms with Gasteiger partial charge in [0.2, 0.25) is 0 Å². The number of rotatable bonds is 12. The Kier molecular flexibility index (Phi) is 10.1. The minimum absolute atomic E-state index is 0.0148. The summed E-state index contributed by atoms with van der Waals surface area (Å²) in [5.41, 5.74) is 2.17. The summed E-state index contributed by atoms with van der Waals surface area (Å²) in [7, 11) is 1.72. The highest BCUT2D eigenvalue weighted by Gasteiger charge is 2.56. The number of halogens is 1. The summed E-state index contributed by atoms with van der Waals surface area (Å²) in [5.74, 6) is 0.896. The number of carbonyl (C=O) groups is 1. The highest BCUT2D eigenvalue weighted by molar-refractivity contribution is 5.99. The molecular weight excluding hydrogens is 555 g/mol. The van der Waals surface area contributed by atoms with Gasteiger partial charge in [0.15, 0.2) is 23.1 Å². The largest absolute Gasteiger partial charge is 0.494 e. The van der Waals surface area contributed by atoms with Gasteiger partial charge in [-0.15, -0.1) is 6.58 Å². The Hall–Kier alpha value is -3.06. The number of fused-ring (bicyclic) bond motifs is 1. The van der Waals surface area contributed by atoms with E-state index in [1.54, 1.807) is 13.2 Å². The molecule has 0 N–H and O–H groups in total. The van der Waals surface area contributed by atoms with Crippen molar-refractivity contribution in [3.8, 4) is 17.2 Å². The predicted octanol–water partition coefficient (Wildman–Crippen LogP) is 8.53. The quantitative estimate of drug-likeness (QED) is 0.178. The molecule has 0 spiro atoms. The van der Waals surface area contributed by atoms with Gasteiger partial charge in [0.1, 0.15) is 5.75 Å². The number of anilines is 1. The molecule has 0 bridgehead atoms. The lowest BCUT2D eigenvalue weighted by atomic mass is 9.83. The van der Waals surface area contributed by atoms with Crippen LogP contribution in [0.2, 0.25) is 0 Å². The van der Waals surface area contributed by atoms with Gasteiger partial charge in [0.05, 0.1) is 38.1 Å². The summed E-state index contributed by atoms with van der Waals surface area (Å²) in [6.07, 6.45) is 6.58. The molecule has 0 radical (unpaired) electrons. The number of ether oxygens (including phenoxy) is 3. The van der Waals surface area contributed by atoms with Gasteiger partial charge in [-0.2, -0.15) is 0 Å². The van der Waals surface area contributed by atoms with Crippen molar-refractivity contribution >= 4 is 11.5 Å². The van der Waals surface area contributed by atoms with E-state index in [-0.39, 0.29) is 23.5 Å². The molecule has 2 heterocycles. The van der Waals surface area contributed by atoms with Gasteiger partial charge in [-0.1, -0.05) is 40.7 Å². The van der Waals surface area contributed by atoms with Gasteiger partial charge in [-0.3, -0.25) is 9.69 Å². The second-order valence-corrected chi connectivity index (χ2v) is 13.3. The van der Waals surface area contributed by atoms with Crippen molar-refractivity contribution in [1.82, 2.24) is 4.90 Å². The molecule has 1 saturated heterocycles. The van der Waals surface area contributed by atoms with Crippen molar-refractivity contribution in [2.75, 3.05) is 44.9 Å². The van der Waals surface area contributed by atoms with Crippen molar-refractivity contribution < 1.29 is 23.4 Å². The minimum atomic E-state index is -0.952. The smallest absolute Gasteiger partial charge is 0.197 e.